The Balaban J connectivity index is 1.70. The van der Waals surface area contributed by atoms with Gasteiger partial charge in [0.25, 0.3) is 0 Å². The molecule has 0 spiro atoms. The van der Waals surface area contributed by atoms with E-state index in [9.17, 15) is 14.4 Å². The molecular weight excluding hydrogens is 454 g/mol. The molecule has 1 aromatic carbocycles. The van der Waals surface area contributed by atoms with E-state index >= 15 is 0 Å². The van der Waals surface area contributed by atoms with Crippen LogP contribution < -0.4 is 16.4 Å². The second-order valence-electron chi connectivity index (χ2n) is 10.4. The van der Waals surface area contributed by atoms with E-state index in [0.717, 1.165) is 44.3 Å². The zero-order valence-electron chi connectivity index (χ0n) is 22.3. The Kier molecular flexibility index (Phi) is 10.7. The minimum Gasteiger partial charge on any atom is -0.344 e. The minimum absolute atomic E-state index is 0.0245. The summed E-state index contributed by atoms with van der Waals surface area (Å²) in [5.74, 6) is -0.216. The maximum Gasteiger partial charge on any atom is 0.245 e. The molecule has 8 heteroatoms. The van der Waals surface area contributed by atoms with Gasteiger partial charge in [-0.05, 0) is 49.9 Å². The van der Waals surface area contributed by atoms with Crippen molar-refractivity contribution in [2.24, 2.45) is 11.7 Å². The van der Waals surface area contributed by atoms with Crippen molar-refractivity contribution in [3.8, 4) is 0 Å². The summed E-state index contributed by atoms with van der Waals surface area (Å²) in [6.07, 6.45) is 7.78. The van der Waals surface area contributed by atoms with Crippen LogP contribution in [0.2, 0.25) is 0 Å². The number of nitrogens with one attached hydrogen (secondary N) is 2. The summed E-state index contributed by atoms with van der Waals surface area (Å²) in [6, 6.07) is 6.52. The molecule has 1 saturated heterocycles. The zero-order valence-corrected chi connectivity index (χ0v) is 22.3. The van der Waals surface area contributed by atoms with Gasteiger partial charge in [0.05, 0.1) is 6.04 Å². The number of nitrogens with zero attached hydrogens (tertiary/aromatic N) is 2. The van der Waals surface area contributed by atoms with Gasteiger partial charge in [0.15, 0.2) is 0 Å². The van der Waals surface area contributed by atoms with E-state index in [4.69, 9.17) is 5.73 Å². The Hall–Kier alpha value is -2.45. The normalized spacial score (nSPS) is 20.2. The van der Waals surface area contributed by atoms with Crippen LogP contribution in [0.4, 0.5) is 5.69 Å². The smallest absolute Gasteiger partial charge is 0.245 e. The average molecular weight is 500 g/mol. The molecule has 0 bridgehead atoms. The summed E-state index contributed by atoms with van der Waals surface area (Å²) < 4.78 is 0. The molecule has 1 heterocycles. The van der Waals surface area contributed by atoms with E-state index in [-0.39, 0.29) is 29.6 Å². The van der Waals surface area contributed by atoms with Gasteiger partial charge in [0.1, 0.15) is 6.04 Å². The summed E-state index contributed by atoms with van der Waals surface area (Å²) >= 11 is 0. The van der Waals surface area contributed by atoms with Crippen LogP contribution in [0.1, 0.15) is 76.7 Å². The Morgan fingerprint density at radius 2 is 1.58 bits per heavy atom. The molecule has 3 unspecified atom stereocenters. The second kappa shape index (κ2) is 13.7. The average Bonchev–Trinajstić information content (AvgIpc) is 3.18. The van der Waals surface area contributed by atoms with Crippen LogP contribution >= 0.6 is 0 Å². The number of piperazine rings is 1. The van der Waals surface area contributed by atoms with E-state index in [1.165, 1.54) is 12.8 Å². The molecular formula is C28H45N5O3. The van der Waals surface area contributed by atoms with Gasteiger partial charge in [-0.3, -0.25) is 14.4 Å². The Labute approximate surface area is 216 Å². The highest BCUT2D eigenvalue weighted by atomic mass is 16.2. The van der Waals surface area contributed by atoms with Crippen LogP contribution in [-0.2, 0) is 14.4 Å². The number of hydrogen-bond acceptors (Lipinski definition) is 5. The minimum atomic E-state index is -0.616. The zero-order chi connectivity index (χ0) is 26.1. The van der Waals surface area contributed by atoms with Gasteiger partial charge >= 0.3 is 0 Å². The van der Waals surface area contributed by atoms with Crippen molar-refractivity contribution >= 4 is 23.4 Å². The number of anilines is 1. The molecule has 3 rings (SSSR count). The first-order chi connectivity index (χ1) is 17.3. The lowest BCUT2D eigenvalue weighted by atomic mass is 9.87. The number of amides is 3. The SMILES string of the molecule is CCC(=O)NC(C(=O)N1CCN(C)CC1)C(CC)c1ccc(NC(=O)C(N)C2CCCCCC2)cc1. The molecule has 1 aliphatic heterocycles. The van der Waals surface area contributed by atoms with Crippen LogP contribution in [0.3, 0.4) is 0 Å². The first-order valence-corrected chi connectivity index (χ1v) is 13.8. The van der Waals surface area contributed by atoms with E-state index in [0.29, 0.717) is 31.6 Å². The first-order valence-electron chi connectivity index (χ1n) is 13.8. The van der Waals surface area contributed by atoms with Gasteiger partial charge in [-0.1, -0.05) is 51.7 Å². The van der Waals surface area contributed by atoms with Crippen LogP contribution in [0.25, 0.3) is 0 Å². The van der Waals surface area contributed by atoms with E-state index in [1.807, 2.05) is 36.1 Å². The van der Waals surface area contributed by atoms with Crippen molar-refractivity contribution in [3.05, 3.63) is 29.8 Å². The fourth-order valence-electron chi connectivity index (χ4n) is 5.42. The fourth-order valence-corrected chi connectivity index (χ4v) is 5.42. The summed E-state index contributed by atoms with van der Waals surface area (Å²) in [5, 5.41) is 5.98. The molecule has 3 atom stereocenters. The lowest BCUT2D eigenvalue weighted by molar-refractivity contribution is -0.138. The molecule has 2 fully saturated rings. The number of likely N-dealkylation sites (N-methyl/N-ethyl adjacent to an activating group) is 1. The van der Waals surface area contributed by atoms with Gasteiger partial charge in [-0.15, -0.1) is 0 Å². The molecule has 1 saturated carbocycles. The molecule has 0 aromatic heterocycles. The molecule has 36 heavy (non-hydrogen) atoms. The fraction of sp³-hybridized carbons (Fsp3) is 0.679. The third kappa shape index (κ3) is 7.53. The molecule has 8 nitrogen and oxygen atoms in total. The molecule has 3 amide bonds. The van der Waals surface area contributed by atoms with Crippen molar-refractivity contribution in [3.63, 3.8) is 0 Å². The maximum atomic E-state index is 13.5. The van der Waals surface area contributed by atoms with Crippen LogP contribution in [0, 0.1) is 5.92 Å². The summed E-state index contributed by atoms with van der Waals surface area (Å²) in [6.45, 7) is 6.81. The van der Waals surface area contributed by atoms with Gasteiger partial charge in [-0.25, -0.2) is 0 Å². The van der Waals surface area contributed by atoms with E-state index in [1.54, 1.807) is 6.92 Å². The standard InChI is InChI=1S/C28H45N5O3/c1-4-23(26(31-24(34)5-2)28(36)33-18-16-32(3)17-19-33)20-12-14-22(15-13-20)30-27(35)25(29)21-10-8-6-7-9-11-21/h12-15,21,23,25-26H,4-11,16-19,29H2,1-3H3,(H,30,35)(H,31,34). The topological polar surface area (TPSA) is 108 Å². The second-order valence-corrected chi connectivity index (χ2v) is 10.4. The van der Waals surface area contributed by atoms with Crippen molar-refractivity contribution in [1.82, 2.24) is 15.1 Å². The Morgan fingerprint density at radius 1 is 0.972 bits per heavy atom. The predicted molar refractivity (Wildman–Crippen MR) is 144 cm³/mol. The third-order valence-electron chi connectivity index (χ3n) is 7.88. The van der Waals surface area contributed by atoms with Crippen molar-refractivity contribution in [1.29, 1.82) is 0 Å². The lowest BCUT2D eigenvalue weighted by Gasteiger charge is -2.37. The van der Waals surface area contributed by atoms with Gasteiger partial charge < -0.3 is 26.2 Å². The highest BCUT2D eigenvalue weighted by molar-refractivity contribution is 5.95. The van der Waals surface area contributed by atoms with Crippen molar-refractivity contribution < 1.29 is 14.4 Å². The first kappa shape index (κ1) is 28.1. The number of hydrogen-bond donors (Lipinski definition) is 3. The Bertz CT molecular complexity index is 858. The van der Waals surface area contributed by atoms with Gasteiger partial charge in [-0.2, -0.15) is 0 Å². The largest absolute Gasteiger partial charge is 0.344 e. The molecule has 1 aromatic rings. The quantitative estimate of drug-likeness (QED) is 0.453. The molecule has 4 N–H and O–H groups in total. The van der Waals surface area contributed by atoms with Crippen molar-refractivity contribution in [2.75, 3.05) is 38.5 Å². The van der Waals surface area contributed by atoms with E-state index < -0.39 is 12.1 Å². The molecule has 1 aliphatic carbocycles. The van der Waals surface area contributed by atoms with Crippen LogP contribution in [0.5, 0.6) is 0 Å². The molecule has 2 aliphatic rings. The summed E-state index contributed by atoms with van der Waals surface area (Å²) in [4.78, 5) is 42.8. The lowest BCUT2D eigenvalue weighted by Crippen LogP contribution is -2.56. The van der Waals surface area contributed by atoms with Crippen LogP contribution in [-0.4, -0.2) is 72.8 Å². The highest BCUT2D eigenvalue weighted by Gasteiger charge is 2.34. The molecule has 0 radical (unpaired) electrons. The number of nitrogens with two attached hydrogens (primary N) is 1. The van der Waals surface area contributed by atoms with Gasteiger partial charge in [0.2, 0.25) is 17.7 Å². The van der Waals surface area contributed by atoms with Crippen molar-refractivity contribution in [2.45, 2.75) is 83.2 Å². The Morgan fingerprint density at radius 3 is 2.14 bits per heavy atom. The number of benzene rings is 1. The maximum absolute atomic E-state index is 13.5. The van der Waals surface area contributed by atoms with E-state index in [2.05, 4.69) is 22.6 Å². The number of carbonyl (C=O) groups excluding carboxylic acids is 3. The van der Waals surface area contributed by atoms with Gasteiger partial charge in [0, 0.05) is 44.2 Å². The summed E-state index contributed by atoms with van der Waals surface area (Å²) in [7, 11) is 2.05. The van der Waals surface area contributed by atoms with Crippen LogP contribution in [0.15, 0.2) is 24.3 Å². The monoisotopic (exact) mass is 499 g/mol. The third-order valence-corrected chi connectivity index (χ3v) is 7.88. The number of rotatable bonds is 9. The number of carbonyl (C=O) groups is 3. The highest BCUT2D eigenvalue weighted by Crippen LogP contribution is 2.28. The molecule has 200 valence electrons. The summed E-state index contributed by atoms with van der Waals surface area (Å²) in [5.41, 5.74) is 7.99. The predicted octanol–water partition coefficient (Wildman–Crippen LogP) is 3.09.